The Bertz CT molecular complexity index is 836. The average Bonchev–Trinajstić information content (AvgIpc) is 2.59. The number of hydrogen-bond donors (Lipinski definition) is 2. The predicted molar refractivity (Wildman–Crippen MR) is 98.9 cm³/mol. The second-order valence-electron chi connectivity index (χ2n) is 5.30. The molecule has 0 unspecified atom stereocenters. The molecule has 0 fully saturated rings. The standard InChI is InChI=1S/C18H18ClN5/c1-3-20-18-23-16(15-6-4-5-9-21-15)11-17(24-18)22-13-8-7-12(2)14(19)10-13/h4-11H,3H2,1-2H3,(H2,20,22,23,24). The first kappa shape index (κ1) is 16.2. The van der Waals surface area contributed by atoms with E-state index in [0.717, 1.165) is 29.2 Å². The molecule has 1 aromatic carbocycles. The number of hydrogen-bond acceptors (Lipinski definition) is 5. The van der Waals surface area contributed by atoms with Crippen LogP contribution < -0.4 is 10.6 Å². The number of rotatable bonds is 5. The molecule has 2 N–H and O–H groups in total. The SMILES string of the molecule is CCNc1nc(Nc2ccc(C)c(Cl)c2)cc(-c2ccccn2)n1. The van der Waals surface area contributed by atoms with Crippen LogP contribution in [0.15, 0.2) is 48.7 Å². The molecule has 24 heavy (non-hydrogen) atoms. The van der Waals surface area contributed by atoms with Gasteiger partial charge in [0.25, 0.3) is 0 Å². The average molecular weight is 340 g/mol. The van der Waals surface area contributed by atoms with Crippen molar-refractivity contribution in [3.63, 3.8) is 0 Å². The number of aromatic nitrogens is 3. The molecule has 122 valence electrons. The summed E-state index contributed by atoms with van der Waals surface area (Å²) in [4.78, 5) is 13.4. The quantitative estimate of drug-likeness (QED) is 0.707. The lowest BCUT2D eigenvalue weighted by molar-refractivity contribution is 1.08. The smallest absolute Gasteiger partial charge is 0.225 e. The van der Waals surface area contributed by atoms with Crippen LogP contribution in [0.3, 0.4) is 0 Å². The third-order valence-electron chi connectivity index (χ3n) is 3.43. The van der Waals surface area contributed by atoms with E-state index >= 15 is 0 Å². The van der Waals surface area contributed by atoms with E-state index in [2.05, 4.69) is 25.6 Å². The molecule has 0 atom stereocenters. The largest absolute Gasteiger partial charge is 0.354 e. The molecule has 5 nitrogen and oxygen atoms in total. The molecule has 0 aliphatic rings. The van der Waals surface area contributed by atoms with Gasteiger partial charge in [-0.05, 0) is 43.7 Å². The Morgan fingerprint density at radius 1 is 1.04 bits per heavy atom. The number of nitrogens with zero attached hydrogens (tertiary/aromatic N) is 3. The summed E-state index contributed by atoms with van der Waals surface area (Å²) in [5, 5.41) is 7.14. The minimum Gasteiger partial charge on any atom is -0.354 e. The number of aryl methyl sites for hydroxylation is 1. The molecule has 0 spiro atoms. The van der Waals surface area contributed by atoms with Crippen molar-refractivity contribution < 1.29 is 0 Å². The maximum atomic E-state index is 6.19. The second kappa shape index (κ2) is 7.27. The molecule has 6 heteroatoms. The molecule has 0 amide bonds. The van der Waals surface area contributed by atoms with E-state index in [9.17, 15) is 0 Å². The highest BCUT2D eigenvalue weighted by atomic mass is 35.5. The lowest BCUT2D eigenvalue weighted by Gasteiger charge is -2.11. The Kier molecular flexibility index (Phi) is 4.91. The minimum atomic E-state index is 0.557. The molecule has 2 heterocycles. The molecular weight excluding hydrogens is 322 g/mol. The summed E-state index contributed by atoms with van der Waals surface area (Å²) in [5.41, 5.74) is 3.46. The van der Waals surface area contributed by atoms with E-state index < -0.39 is 0 Å². The first-order chi connectivity index (χ1) is 11.7. The van der Waals surface area contributed by atoms with Gasteiger partial charge in [0, 0.05) is 29.5 Å². The van der Waals surface area contributed by atoms with Gasteiger partial charge in [0.1, 0.15) is 5.82 Å². The summed E-state index contributed by atoms with van der Waals surface area (Å²) >= 11 is 6.19. The normalized spacial score (nSPS) is 10.5. The molecule has 0 radical (unpaired) electrons. The van der Waals surface area contributed by atoms with E-state index in [1.165, 1.54) is 0 Å². The minimum absolute atomic E-state index is 0.557. The van der Waals surface area contributed by atoms with Crippen LogP contribution in [0.1, 0.15) is 12.5 Å². The fourth-order valence-corrected chi connectivity index (χ4v) is 2.39. The predicted octanol–water partition coefficient (Wildman–Crippen LogP) is 4.68. The molecular formula is C18H18ClN5. The maximum Gasteiger partial charge on any atom is 0.225 e. The molecule has 0 saturated carbocycles. The van der Waals surface area contributed by atoms with Crippen LogP contribution in [-0.4, -0.2) is 21.5 Å². The summed E-state index contributed by atoms with van der Waals surface area (Å²) in [7, 11) is 0. The Hall–Kier alpha value is -2.66. The van der Waals surface area contributed by atoms with E-state index in [-0.39, 0.29) is 0 Å². The van der Waals surface area contributed by atoms with Gasteiger partial charge in [-0.2, -0.15) is 4.98 Å². The summed E-state index contributed by atoms with van der Waals surface area (Å²) in [5.74, 6) is 1.24. The van der Waals surface area contributed by atoms with Gasteiger partial charge >= 0.3 is 0 Å². The van der Waals surface area contributed by atoms with Gasteiger partial charge in [-0.15, -0.1) is 0 Å². The molecule has 0 bridgehead atoms. The lowest BCUT2D eigenvalue weighted by Crippen LogP contribution is -2.05. The van der Waals surface area contributed by atoms with Crippen LogP contribution in [0.25, 0.3) is 11.4 Å². The van der Waals surface area contributed by atoms with Crippen molar-refractivity contribution in [2.75, 3.05) is 17.2 Å². The van der Waals surface area contributed by atoms with Gasteiger partial charge < -0.3 is 10.6 Å². The van der Waals surface area contributed by atoms with E-state index in [1.807, 2.05) is 56.3 Å². The van der Waals surface area contributed by atoms with Gasteiger partial charge in [-0.25, -0.2) is 4.98 Å². The van der Waals surface area contributed by atoms with Crippen LogP contribution in [0.2, 0.25) is 5.02 Å². The zero-order valence-corrected chi connectivity index (χ0v) is 14.3. The number of nitrogens with one attached hydrogen (secondary N) is 2. The Labute approximate surface area is 146 Å². The number of anilines is 3. The molecule has 0 aliphatic carbocycles. The molecule has 0 saturated heterocycles. The van der Waals surface area contributed by atoms with E-state index in [1.54, 1.807) is 6.20 Å². The zero-order chi connectivity index (χ0) is 16.9. The van der Waals surface area contributed by atoms with Crippen molar-refractivity contribution in [3.8, 4) is 11.4 Å². The summed E-state index contributed by atoms with van der Waals surface area (Å²) in [6.45, 7) is 4.71. The fourth-order valence-electron chi connectivity index (χ4n) is 2.21. The monoisotopic (exact) mass is 339 g/mol. The maximum absolute atomic E-state index is 6.19. The van der Waals surface area contributed by atoms with Crippen molar-refractivity contribution in [2.24, 2.45) is 0 Å². The number of halogens is 1. The van der Waals surface area contributed by atoms with Gasteiger partial charge in [-0.3, -0.25) is 4.98 Å². The highest BCUT2D eigenvalue weighted by molar-refractivity contribution is 6.31. The zero-order valence-electron chi connectivity index (χ0n) is 13.5. The fraction of sp³-hybridized carbons (Fsp3) is 0.167. The van der Waals surface area contributed by atoms with Crippen molar-refractivity contribution in [2.45, 2.75) is 13.8 Å². The third-order valence-corrected chi connectivity index (χ3v) is 3.84. The van der Waals surface area contributed by atoms with Gasteiger partial charge in [-0.1, -0.05) is 23.7 Å². The Balaban J connectivity index is 1.97. The van der Waals surface area contributed by atoms with Crippen molar-refractivity contribution in [1.82, 2.24) is 15.0 Å². The summed E-state index contributed by atoms with van der Waals surface area (Å²) in [6.07, 6.45) is 1.75. The molecule has 0 aliphatic heterocycles. The lowest BCUT2D eigenvalue weighted by atomic mass is 10.2. The van der Waals surface area contributed by atoms with Crippen molar-refractivity contribution >= 4 is 29.1 Å². The number of pyridine rings is 1. The van der Waals surface area contributed by atoms with Crippen LogP contribution >= 0.6 is 11.6 Å². The van der Waals surface area contributed by atoms with E-state index in [0.29, 0.717) is 16.8 Å². The topological polar surface area (TPSA) is 62.7 Å². The molecule has 3 rings (SSSR count). The van der Waals surface area contributed by atoms with Crippen LogP contribution in [0, 0.1) is 6.92 Å². The van der Waals surface area contributed by atoms with Gasteiger partial charge in [0.15, 0.2) is 0 Å². The van der Waals surface area contributed by atoms with Crippen molar-refractivity contribution in [3.05, 3.63) is 59.2 Å². The summed E-state index contributed by atoms with van der Waals surface area (Å²) < 4.78 is 0. The highest BCUT2D eigenvalue weighted by Crippen LogP contribution is 2.25. The Morgan fingerprint density at radius 2 is 1.92 bits per heavy atom. The van der Waals surface area contributed by atoms with Gasteiger partial charge in [0.05, 0.1) is 11.4 Å². The highest BCUT2D eigenvalue weighted by Gasteiger charge is 2.08. The Morgan fingerprint density at radius 3 is 2.62 bits per heavy atom. The summed E-state index contributed by atoms with van der Waals surface area (Å²) in [6, 6.07) is 13.4. The van der Waals surface area contributed by atoms with E-state index in [4.69, 9.17) is 11.6 Å². The van der Waals surface area contributed by atoms with Crippen molar-refractivity contribution in [1.29, 1.82) is 0 Å². The van der Waals surface area contributed by atoms with Crippen LogP contribution in [0.5, 0.6) is 0 Å². The first-order valence-electron chi connectivity index (χ1n) is 7.73. The second-order valence-corrected chi connectivity index (χ2v) is 5.70. The van der Waals surface area contributed by atoms with Crippen LogP contribution in [0.4, 0.5) is 17.5 Å². The van der Waals surface area contributed by atoms with Gasteiger partial charge in [0.2, 0.25) is 5.95 Å². The molecule has 3 aromatic rings. The molecule has 2 aromatic heterocycles. The van der Waals surface area contributed by atoms with Crippen LogP contribution in [-0.2, 0) is 0 Å². The number of benzene rings is 1. The first-order valence-corrected chi connectivity index (χ1v) is 8.11. The third kappa shape index (κ3) is 3.81.